The highest BCUT2D eigenvalue weighted by Crippen LogP contribution is 2.15. The third-order valence-electron chi connectivity index (χ3n) is 2.41. The van der Waals surface area contributed by atoms with E-state index in [0.29, 0.717) is 22.4 Å². The van der Waals surface area contributed by atoms with Gasteiger partial charge in [-0.1, -0.05) is 0 Å². The maximum absolute atomic E-state index is 11.5. The molecule has 80 valence electrons. The van der Waals surface area contributed by atoms with Crippen LogP contribution in [0.15, 0.2) is 29.3 Å². The molecule has 0 aromatic carbocycles. The molecule has 3 heterocycles. The van der Waals surface area contributed by atoms with Gasteiger partial charge in [0, 0.05) is 18.5 Å². The van der Waals surface area contributed by atoms with Gasteiger partial charge in [0.25, 0.3) is 5.56 Å². The van der Waals surface area contributed by atoms with E-state index in [2.05, 4.69) is 15.1 Å². The molecular formula is C10H8N4O2. The minimum Gasteiger partial charge on any atom is -0.480 e. The molecule has 0 saturated carbocycles. The molecule has 0 aliphatic rings. The Bertz CT molecular complexity index is 728. The molecule has 0 unspecified atom stereocenters. The summed E-state index contributed by atoms with van der Waals surface area (Å²) < 4.78 is 6.61. The van der Waals surface area contributed by atoms with Gasteiger partial charge in [-0.25, -0.2) is 9.50 Å². The van der Waals surface area contributed by atoms with Crippen LogP contribution in [0.5, 0.6) is 5.88 Å². The molecule has 6 nitrogen and oxygen atoms in total. The SMILES string of the molecule is COc1cc2ncc3c(=O)[nH]ccc3n2n1. The number of pyridine rings is 1. The van der Waals surface area contributed by atoms with Crippen LogP contribution in [0.4, 0.5) is 0 Å². The number of ether oxygens (including phenoxy) is 1. The maximum Gasteiger partial charge on any atom is 0.258 e. The van der Waals surface area contributed by atoms with Crippen LogP contribution in [0.2, 0.25) is 0 Å². The van der Waals surface area contributed by atoms with Crippen LogP contribution in [0.1, 0.15) is 0 Å². The Labute approximate surface area is 89.5 Å². The molecule has 0 amide bonds. The highest BCUT2D eigenvalue weighted by atomic mass is 16.5. The van der Waals surface area contributed by atoms with E-state index in [0.717, 1.165) is 0 Å². The average molecular weight is 216 g/mol. The lowest BCUT2D eigenvalue weighted by Crippen LogP contribution is -2.07. The standard InChI is InChI=1S/C10H8N4O2/c1-16-9-4-8-12-5-6-7(14(8)13-9)2-3-11-10(6)15/h2-5H,1H3,(H,11,15). The number of H-pyrrole nitrogens is 1. The van der Waals surface area contributed by atoms with Gasteiger partial charge in [0.1, 0.15) is 0 Å². The second-order valence-electron chi connectivity index (χ2n) is 3.32. The molecule has 0 aliphatic carbocycles. The van der Waals surface area contributed by atoms with E-state index in [4.69, 9.17) is 4.74 Å². The van der Waals surface area contributed by atoms with Crippen molar-refractivity contribution in [2.45, 2.75) is 0 Å². The van der Waals surface area contributed by atoms with E-state index in [1.807, 2.05) is 0 Å². The first-order valence-electron chi connectivity index (χ1n) is 4.70. The molecule has 3 rings (SSSR count). The number of nitrogens with zero attached hydrogens (tertiary/aromatic N) is 3. The van der Waals surface area contributed by atoms with Crippen LogP contribution < -0.4 is 10.3 Å². The van der Waals surface area contributed by atoms with Crippen LogP contribution in [0, 0.1) is 0 Å². The third kappa shape index (κ3) is 1.10. The summed E-state index contributed by atoms with van der Waals surface area (Å²) in [7, 11) is 1.54. The summed E-state index contributed by atoms with van der Waals surface area (Å²) in [4.78, 5) is 18.3. The summed E-state index contributed by atoms with van der Waals surface area (Å²) in [5.41, 5.74) is 1.17. The molecule has 3 aromatic rings. The van der Waals surface area contributed by atoms with Gasteiger partial charge in [-0.05, 0) is 6.07 Å². The van der Waals surface area contributed by atoms with Gasteiger partial charge in [-0.2, -0.15) is 0 Å². The monoisotopic (exact) mass is 216 g/mol. The Morgan fingerprint density at radius 3 is 3.19 bits per heavy atom. The van der Waals surface area contributed by atoms with E-state index < -0.39 is 0 Å². The Morgan fingerprint density at radius 2 is 2.38 bits per heavy atom. The Hall–Kier alpha value is -2.37. The molecule has 3 aromatic heterocycles. The maximum atomic E-state index is 11.5. The fourth-order valence-corrected chi connectivity index (χ4v) is 1.64. The lowest BCUT2D eigenvalue weighted by molar-refractivity contribution is 0.395. The van der Waals surface area contributed by atoms with Gasteiger partial charge in [0.2, 0.25) is 5.88 Å². The van der Waals surface area contributed by atoms with Crippen LogP contribution in [-0.4, -0.2) is 26.7 Å². The van der Waals surface area contributed by atoms with E-state index in [1.54, 1.807) is 22.8 Å². The zero-order valence-electron chi connectivity index (χ0n) is 8.47. The number of hydrogen-bond donors (Lipinski definition) is 1. The fourth-order valence-electron chi connectivity index (χ4n) is 1.64. The number of nitrogens with one attached hydrogen (secondary N) is 1. The Balaban J connectivity index is 2.53. The van der Waals surface area contributed by atoms with Gasteiger partial charge in [-0.15, -0.1) is 5.10 Å². The van der Waals surface area contributed by atoms with Crippen molar-refractivity contribution in [3.63, 3.8) is 0 Å². The summed E-state index contributed by atoms with van der Waals surface area (Å²) in [6.45, 7) is 0. The lowest BCUT2D eigenvalue weighted by atomic mass is 10.3. The molecular weight excluding hydrogens is 208 g/mol. The molecule has 0 saturated heterocycles. The van der Waals surface area contributed by atoms with Crippen LogP contribution in [0.25, 0.3) is 16.6 Å². The second-order valence-corrected chi connectivity index (χ2v) is 3.32. The van der Waals surface area contributed by atoms with Gasteiger partial charge in [-0.3, -0.25) is 4.79 Å². The van der Waals surface area contributed by atoms with E-state index >= 15 is 0 Å². The van der Waals surface area contributed by atoms with Gasteiger partial charge in [0.05, 0.1) is 18.0 Å². The number of rotatable bonds is 1. The molecule has 0 bridgehead atoms. The highest BCUT2D eigenvalue weighted by Gasteiger charge is 2.07. The third-order valence-corrected chi connectivity index (χ3v) is 2.41. The minimum absolute atomic E-state index is 0.179. The average Bonchev–Trinajstić information content (AvgIpc) is 2.72. The van der Waals surface area contributed by atoms with Crippen molar-refractivity contribution < 1.29 is 4.74 Å². The largest absolute Gasteiger partial charge is 0.480 e. The highest BCUT2D eigenvalue weighted by molar-refractivity contribution is 5.79. The van der Waals surface area contributed by atoms with Crippen molar-refractivity contribution in [3.8, 4) is 5.88 Å². The topological polar surface area (TPSA) is 72.3 Å². The normalized spacial score (nSPS) is 11.1. The zero-order chi connectivity index (χ0) is 11.1. The molecule has 0 radical (unpaired) electrons. The summed E-state index contributed by atoms with van der Waals surface area (Å²) in [6, 6.07) is 3.48. The number of aromatic nitrogens is 4. The van der Waals surface area contributed by atoms with E-state index in [-0.39, 0.29) is 5.56 Å². The predicted octanol–water partition coefficient (Wildman–Crippen LogP) is 0.579. The quantitative estimate of drug-likeness (QED) is 0.645. The van der Waals surface area contributed by atoms with Crippen LogP contribution in [0.3, 0.4) is 0 Å². The number of aromatic amines is 1. The van der Waals surface area contributed by atoms with Crippen molar-refractivity contribution in [2.24, 2.45) is 0 Å². The molecule has 0 aliphatic heterocycles. The van der Waals surface area contributed by atoms with Crippen molar-refractivity contribution in [1.82, 2.24) is 19.6 Å². The van der Waals surface area contributed by atoms with Gasteiger partial charge < -0.3 is 9.72 Å². The summed E-state index contributed by atoms with van der Waals surface area (Å²) >= 11 is 0. The molecule has 6 heteroatoms. The predicted molar refractivity (Wildman–Crippen MR) is 57.7 cm³/mol. The molecule has 0 fully saturated rings. The molecule has 0 spiro atoms. The first-order valence-corrected chi connectivity index (χ1v) is 4.70. The van der Waals surface area contributed by atoms with Crippen LogP contribution in [-0.2, 0) is 0 Å². The Morgan fingerprint density at radius 1 is 1.50 bits per heavy atom. The summed E-state index contributed by atoms with van der Waals surface area (Å²) in [5.74, 6) is 0.472. The zero-order valence-corrected chi connectivity index (χ0v) is 8.47. The van der Waals surface area contributed by atoms with Crippen molar-refractivity contribution >= 4 is 16.6 Å². The van der Waals surface area contributed by atoms with Crippen molar-refractivity contribution in [1.29, 1.82) is 0 Å². The number of hydrogen-bond acceptors (Lipinski definition) is 4. The fraction of sp³-hybridized carbons (Fsp3) is 0.100. The summed E-state index contributed by atoms with van der Waals surface area (Å²) in [5, 5.41) is 4.68. The Kier molecular flexibility index (Phi) is 1.70. The minimum atomic E-state index is -0.179. The molecule has 16 heavy (non-hydrogen) atoms. The first-order chi connectivity index (χ1) is 7.79. The first kappa shape index (κ1) is 8.90. The van der Waals surface area contributed by atoms with Crippen molar-refractivity contribution in [3.05, 3.63) is 34.9 Å². The second kappa shape index (κ2) is 3.06. The molecule has 1 N–H and O–H groups in total. The molecule has 0 atom stereocenters. The number of methoxy groups -OCH3 is 1. The van der Waals surface area contributed by atoms with Crippen molar-refractivity contribution in [2.75, 3.05) is 7.11 Å². The van der Waals surface area contributed by atoms with Crippen LogP contribution >= 0.6 is 0 Å². The van der Waals surface area contributed by atoms with Gasteiger partial charge >= 0.3 is 0 Å². The number of fused-ring (bicyclic) bond motifs is 3. The van der Waals surface area contributed by atoms with E-state index in [9.17, 15) is 4.79 Å². The van der Waals surface area contributed by atoms with Gasteiger partial charge in [0.15, 0.2) is 5.65 Å². The summed E-state index contributed by atoms with van der Waals surface area (Å²) in [6.07, 6.45) is 3.11. The van der Waals surface area contributed by atoms with E-state index in [1.165, 1.54) is 13.3 Å². The lowest BCUT2D eigenvalue weighted by Gasteiger charge is -1.98. The smallest absolute Gasteiger partial charge is 0.258 e.